The van der Waals surface area contributed by atoms with Crippen LogP contribution in [0.3, 0.4) is 0 Å². The fraction of sp³-hybridized carbons (Fsp3) is 0.182. The molecule has 1 amide bonds. The third-order valence-electron chi connectivity index (χ3n) is 4.51. The van der Waals surface area contributed by atoms with Gasteiger partial charge >= 0.3 is 6.18 Å². The molecule has 144 valence electrons. The van der Waals surface area contributed by atoms with E-state index in [9.17, 15) is 22.8 Å². The van der Waals surface area contributed by atoms with Gasteiger partial charge < -0.3 is 5.32 Å². The van der Waals surface area contributed by atoms with Crippen molar-refractivity contribution in [1.29, 1.82) is 0 Å². The predicted molar refractivity (Wildman–Crippen MR) is 101 cm³/mol. The summed E-state index contributed by atoms with van der Waals surface area (Å²) in [6, 6.07) is 17.4. The number of carbonyl (C=O) groups excluding carboxylic acids is 2. The van der Waals surface area contributed by atoms with Gasteiger partial charge in [0.25, 0.3) is 5.91 Å². The SMILES string of the molecule is CC(NC(=O)C(=O)Cc1cccc(C(F)(F)F)c1)c1cccc2ccccc12. The van der Waals surface area contributed by atoms with Crippen molar-refractivity contribution in [3.63, 3.8) is 0 Å². The van der Waals surface area contributed by atoms with Crippen LogP contribution >= 0.6 is 0 Å². The number of benzene rings is 3. The van der Waals surface area contributed by atoms with Crippen molar-refractivity contribution < 1.29 is 22.8 Å². The first-order valence-corrected chi connectivity index (χ1v) is 8.73. The van der Waals surface area contributed by atoms with E-state index < -0.39 is 35.9 Å². The number of rotatable bonds is 5. The van der Waals surface area contributed by atoms with E-state index in [-0.39, 0.29) is 5.56 Å². The standard InChI is InChI=1S/C22H18F3NO2/c1-14(18-11-5-8-16-7-2-3-10-19(16)18)26-21(28)20(27)13-15-6-4-9-17(12-15)22(23,24)25/h2-12,14H,13H2,1H3,(H,26,28). The van der Waals surface area contributed by atoms with Crippen molar-refractivity contribution in [2.24, 2.45) is 0 Å². The maximum Gasteiger partial charge on any atom is 0.416 e. The van der Waals surface area contributed by atoms with Crippen molar-refractivity contribution in [3.8, 4) is 0 Å². The number of hydrogen-bond donors (Lipinski definition) is 1. The van der Waals surface area contributed by atoms with Crippen LogP contribution in [0.2, 0.25) is 0 Å². The summed E-state index contributed by atoms with van der Waals surface area (Å²) in [6.45, 7) is 1.76. The van der Waals surface area contributed by atoms with E-state index >= 15 is 0 Å². The Balaban J connectivity index is 1.71. The fourth-order valence-electron chi connectivity index (χ4n) is 3.11. The Hall–Kier alpha value is -3.15. The van der Waals surface area contributed by atoms with Crippen LogP contribution in [0.5, 0.6) is 0 Å². The molecule has 3 rings (SSSR count). The molecule has 1 unspecified atom stereocenters. The number of halogens is 3. The normalized spacial score (nSPS) is 12.6. The van der Waals surface area contributed by atoms with Gasteiger partial charge in [0, 0.05) is 6.42 Å². The zero-order chi connectivity index (χ0) is 20.3. The Morgan fingerprint density at radius 2 is 1.64 bits per heavy atom. The van der Waals surface area contributed by atoms with Crippen LogP contribution in [-0.4, -0.2) is 11.7 Å². The van der Waals surface area contributed by atoms with E-state index in [1.807, 2.05) is 42.5 Å². The van der Waals surface area contributed by atoms with E-state index in [2.05, 4.69) is 5.32 Å². The van der Waals surface area contributed by atoms with Crippen molar-refractivity contribution in [2.75, 3.05) is 0 Å². The average molecular weight is 385 g/mol. The number of Topliss-reactive ketones (excluding diaryl/α,β-unsaturated/α-hetero) is 1. The second-order valence-electron chi connectivity index (χ2n) is 6.56. The summed E-state index contributed by atoms with van der Waals surface area (Å²) < 4.78 is 38.4. The van der Waals surface area contributed by atoms with Gasteiger partial charge in [0.05, 0.1) is 11.6 Å². The van der Waals surface area contributed by atoms with E-state index in [0.717, 1.165) is 28.5 Å². The van der Waals surface area contributed by atoms with Gasteiger partial charge in [-0.25, -0.2) is 0 Å². The topological polar surface area (TPSA) is 46.2 Å². The van der Waals surface area contributed by atoms with Gasteiger partial charge in [-0.05, 0) is 34.9 Å². The molecular weight excluding hydrogens is 367 g/mol. The average Bonchev–Trinajstić information content (AvgIpc) is 2.67. The van der Waals surface area contributed by atoms with E-state index in [4.69, 9.17) is 0 Å². The summed E-state index contributed by atoms with van der Waals surface area (Å²) in [6.07, 6.45) is -4.89. The predicted octanol–water partition coefficient (Wildman–Crippen LogP) is 4.85. The number of alkyl halides is 3. The van der Waals surface area contributed by atoms with Crippen LogP contribution in [-0.2, 0) is 22.2 Å². The Morgan fingerprint density at radius 3 is 2.39 bits per heavy atom. The van der Waals surface area contributed by atoms with Gasteiger partial charge in [0.2, 0.25) is 5.78 Å². The lowest BCUT2D eigenvalue weighted by Crippen LogP contribution is -2.34. The summed E-state index contributed by atoms with van der Waals surface area (Å²) >= 11 is 0. The highest BCUT2D eigenvalue weighted by atomic mass is 19.4. The van der Waals surface area contributed by atoms with Gasteiger partial charge in [-0.2, -0.15) is 13.2 Å². The molecular formula is C22H18F3NO2. The molecule has 0 aromatic heterocycles. The van der Waals surface area contributed by atoms with Crippen LogP contribution in [0.4, 0.5) is 13.2 Å². The molecule has 0 heterocycles. The number of nitrogens with one attached hydrogen (secondary N) is 1. The van der Waals surface area contributed by atoms with Crippen LogP contribution in [0.15, 0.2) is 66.7 Å². The molecule has 3 aromatic carbocycles. The van der Waals surface area contributed by atoms with Crippen molar-refractivity contribution in [3.05, 3.63) is 83.4 Å². The van der Waals surface area contributed by atoms with Crippen LogP contribution < -0.4 is 5.32 Å². The highest BCUT2D eigenvalue weighted by molar-refractivity contribution is 6.36. The largest absolute Gasteiger partial charge is 0.416 e. The Bertz CT molecular complexity index is 1020. The highest BCUT2D eigenvalue weighted by Gasteiger charge is 2.30. The molecule has 0 aliphatic heterocycles. The Kier molecular flexibility index (Phi) is 5.49. The van der Waals surface area contributed by atoms with Crippen molar-refractivity contribution in [2.45, 2.75) is 25.6 Å². The summed E-state index contributed by atoms with van der Waals surface area (Å²) in [5.74, 6) is -1.61. The molecule has 0 bridgehead atoms. The zero-order valence-corrected chi connectivity index (χ0v) is 15.1. The maximum atomic E-state index is 12.8. The third-order valence-corrected chi connectivity index (χ3v) is 4.51. The van der Waals surface area contributed by atoms with Gasteiger partial charge in [-0.15, -0.1) is 0 Å². The molecule has 0 saturated carbocycles. The maximum absolute atomic E-state index is 12.8. The number of carbonyl (C=O) groups is 2. The molecule has 1 N–H and O–H groups in total. The molecule has 6 heteroatoms. The lowest BCUT2D eigenvalue weighted by Gasteiger charge is -2.16. The Morgan fingerprint density at radius 1 is 0.964 bits per heavy atom. The number of amides is 1. The van der Waals surface area contributed by atoms with Gasteiger partial charge in [-0.3, -0.25) is 9.59 Å². The Labute approximate surface area is 160 Å². The van der Waals surface area contributed by atoms with Gasteiger partial charge in [0.1, 0.15) is 0 Å². The van der Waals surface area contributed by atoms with Gasteiger partial charge in [-0.1, -0.05) is 60.7 Å². The highest BCUT2D eigenvalue weighted by Crippen LogP contribution is 2.29. The first-order valence-electron chi connectivity index (χ1n) is 8.73. The van der Waals surface area contributed by atoms with E-state index in [1.54, 1.807) is 6.92 Å². The summed E-state index contributed by atoms with van der Waals surface area (Å²) in [4.78, 5) is 24.5. The first-order chi connectivity index (χ1) is 13.3. The smallest absolute Gasteiger partial charge is 0.343 e. The number of hydrogen-bond acceptors (Lipinski definition) is 2. The quantitative estimate of drug-likeness (QED) is 0.639. The first kappa shape index (κ1) is 19.6. The summed E-state index contributed by atoms with van der Waals surface area (Å²) in [5, 5.41) is 4.61. The monoisotopic (exact) mass is 385 g/mol. The van der Waals surface area contributed by atoms with E-state index in [1.165, 1.54) is 12.1 Å². The molecule has 0 saturated heterocycles. The summed E-state index contributed by atoms with van der Waals surface area (Å²) in [7, 11) is 0. The second-order valence-corrected chi connectivity index (χ2v) is 6.56. The molecule has 28 heavy (non-hydrogen) atoms. The molecule has 3 aromatic rings. The fourth-order valence-corrected chi connectivity index (χ4v) is 3.11. The second kappa shape index (κ2) is 7.84. The molecule has 0 aliphatic rings. The molecule has 0 aliphatic carbocycles. The minimum absolute atomic E-state index is 0.146. The molecule has 3 nitrogen and oxygen atoms in total. The lowest BCUT2D eigenvalue weighted by atomic mass is 9.99. The van der Waals surface area contributed by atoms with Gasteiger partial charge in [0.15, 0.2) is 0 Å². The van der Waals surface area contributed by atoms with Crippen LogP contribution in [0.1, 0.15) is 29.7 Å². The van der Waals surface area contributed by atoms with E-state index in [0.29, 0.717) is 0 Å². The van der Waals surface area contributed by atoms with Crippen LogP contribution in [0, 0.1) is 0 Å². The van der Waals surface area contributed by atoms with Crippen molar-refractivity contribution in [1.82, 2.24) is 5.32 Å². The third kappa shape index (κ3) is 4.39. The van der Waals surface area contributed by atoms with Crippen LogP contribution in [0.25, 0.3) is 10.8 Å². The molecule has 0 radical (unpaired) electrons. The number of fused-ring (bicyclic) bond motifs is 1. The number of ketones is 1. The molecule has 1 atom stereocenters. The minimum Gasteiger partial charge on any atom is -0.343 e. The van der Waals surface area contributed by atoms with Crippen molar-refractivity contribution >= 4 is 22.5 Å². The molecule has 0 spiro atoms. The lowest BCUT2D eigenvalue weighted by molar-refractivity contribution is -0.138. The minimum atomic E-state index is -4.50. The molecule has 0 fully saturated rings. The zero-order valence-electron chi connectivity index (χ0n) is 15.1. The summed E-state index contributed by atoms with van der Waals surface area (Å²) in [5.41, 5.74) is 0.161.